The molecule has 4 rings (SSSR count). The van der Waals surface area contributed by atoms with Gasteiger partial charge in [-0.3, -0.25) is 9.59 Å². The van der Waals surface area contributed by atoms with Crippen molar-refractivity contribution in [1.29, 1.82) is 0 Å². The number of allylic oxidation sites excluding steroid dienone is 1. The quantitative estimate of drug-likeness (QED) is 0.273. The number of rotatable bonds is 11. The Morgan fingerprint density at radius 3 is 2.57 bits per heavy atom. The van der Waals surface area contributed by atoms with Crippen LogP contribution in [0, 0.1) is 11.8 Å². The lowest BCUT2D eigenvalue weighted by Crippen LogP contribution is -2.25. The van der Waals surface area contributed by atoms with Crippen LogP contribution in [0.15, 0.2) is 66.7 Å². The first-order valence-corrected chi connectivity index (χ1v) is 11.0. The molecule has 0 radical (unpaired) electrons. The van der Waals surface area contributed by atoms with Crippen LogP contribution < -0.4 is 0 Å². The Hall–Kier alpha value is -3.21. The van der Waals surface area contributed by atoms with Crippen LogP contribution in [-0.2, 0) is 19.1 Å². The van der Waals surface area contributed by atoms with Crippen molar-refractivity contribution < 1.29 is 44.4 Å². The van der Waals surface area contributed by atoms with E-state index in [1.165, 1.54) is 0 Å². The minimum atomic E-state index is -4.36. The monoisotopic (exact) mass is 489 g/mol. The molecule has 0 amide bonds. The van der Waals surface area contributed by atoms with Crippen molar-refractivity contribution in [2.45, 2.75) is 70.1 Å². The average Bonchev–Trinajstić information content (AvgIpc) is 3.54. The summed E-state index contributed by atoms with van der Waals surface area (Å²) in [6.45, 7) is -3.85. The molecule has 1 aliphatic heterocycles. The predicted molar refractivity (Wildman–Crippen MR) is 135 cm³/mol. The zero-order chi connectivity index (χ0) is 37.9. The van der Waals surface area contributed by atoms with Gasteiger partial charge in [0.15, 0.2) is 5.78 Å². The van der Waals surface area contributed by atoms with E-state index in [0.29, 0.717) is 6.08 Å². The average molecular weight is 490 g/mol. The third kappa shape index (κ3) is 6.47. The Kier molecular flexibility index (Phi) is 4.16. The largest absolute Gasteiger partial charge is 0.462 e. The van der Waals surface area contributed by atoms with Gasteiger partial charge in [-0.05, 0) is 35.7 Å². The zero-order valence-electron chi connectivity index (χ0n) is 33.6. The number of ether oxygens (including phenoxy) is 2. The highest BCUT2D eigenvalue weighted by Crippen LogP contribution is 2.43. The Labute approximate surface area is 228 Å². The maximum atomic E-state index is 13.2. The van der Waals surface area contributed by atoms with Crippen molar-refractivity contribution in [3.8, 4) is 11.1 Å². The SMILES string of the molecule is [2H]C([2H])([2H])C([2H])([2H])C([2H])([2H])C([2H])([2H])C([2H])([2H])C([2H])([2H])C([2H])([2H])C(=O)C=C[C@@H]1[C@H]2CC(=O)O[C@H]2C[C@H]1OC(=O)c1ccc(-c2ccccc2)cc1. The van der Waals surface area contributed by atoms with Crippen LogP contribution in [0.1, 0.15) is 88.9 Å². The predicted octanol–water partition coefficient (Wildman–Crippen LogP) is 6.32. The lowest BCUT2D eigenvalue weighted by Gasteiger charge is -2.20. The number of carbonyl (C=O) groups excluding carboxylic acids is 3. The lowest BCUT2D eigenvalue weighted by atomic mass is 9.91. The molecule has 1 saturated carbocycles. The number of ketones is 1. The van der Waals surface area contributed by atoms with Crippen LogP contribution in [0.25, 0.3) is 11.1 Å². The lowest BCUT2D eigenvalue weighted by molar-refractivity contribution is -0.141. The fourth-order valence-electron chi connectivity index (χ4n) is 4.35. The standard InChI is InChI=1S/C30H34O5/c1-2-3-4-5-9-12-24(31)17-18-25-26-19-29(32)34-28(26)20-27(25)35-30(33)23-15-13-22(14-16-23)21-10-7-6-8-11-21/h6-8,10-11,13-18,25-28H,2-5,9,12,19-20H2,1H3/t25-,26-,27-,28+/m1/s1/i1D3,2D2,3D2,4D2,5D2,9D2,12D2. The summed E-state index contributed by atoms with van der Waals surface area (Å²) < 4.78 is 130. The van der Waals surface area contributed by atoms with Crippen molar-refractivity contribution in [3.05, 3.63) is 72.3 Å². The number of esters is 2. The van der Waals surface area contributed by atoms with Crippen molar-refractivity contribution in [2.75, 3.05) is 0 Å². The summed E-state index contributed by atoms with van der Waals surface area (Å²) >= 11 is 0. The summed E-state index contributed by atoms with van der Waals surface area (Å²) in [7, 11) is 0. The van der Waals surface area contributed by atoms with Gasteiger partial charge in [-0.1, -0.05) is 80.9 Å². The molecule has 2 fully saturated rings. The van der Waals surface area contributed by atoms with Crippen LogP contribution >= 0.6 is 0 Å². The molecule has 0 N–H and O–H groups in total. The summed E-state index contributed by atoms with van der Waals surface area (Å²) in [5, 5.41) is 0. The van der Waals surface area contributed by atoms with Gasteiger partial charge in [0.05, 0.1) is 12.0 Å². The van der Waals surface area contributed by atoms with E-state index in [-0.39, 0.29) is 18.4 Å². The van der Waals surface area contributed by atoms with E-state index in [1.54, 1.807) is 24.3 Å². The van der Waals surface area contributed by atoms with Crippen molar-refractivity contribution in [3.63, 3.8) is 0 Å². The van der Waals surface area contributed by atoms with Crippen LogP contribution in [0.4, 0.5) is 0 Å². The normalized spacial score (nSPS) is 32.5. The summed E-state index contributed by atoms with van der Waals surface area (Å²) in [6.07, 6.45) is -25.5. The zero-order valence-corrected chi connectivity index (χ0v) is 18.6. The summed E-state index contributed by atoms with van der Waals surface area (Å²) in [5.74, 6) is -4.65. The van der Waals surface area contributed by atoms with Crippen LogP contribution in [0.5, 0.6) is 0 Å². The van der Waals surface area contributed by atoms with Crippen molar-refractivity contribution in [2.24, 2.45) is 11.8 Å². The van der Waals surface area contributed by atoms with Gasteiger partial charge in [-0.15, -0.1) is 0 Å². The molecule has 2 aliphatic rings. The molecule has 2 aromatic carbocycles. The second kappa shape index (κ2) is 12.0. The fraction of sp³-hybridized carbons (Fsp3) is 0.433. The topological polar surface area (TPSA) is 69.7 Å². The number of fused-ring (bicyclic) bond motifs is 1. The van der Waals surface area contributed by atoms with Crippen LogP contribution in [-0.4, -0.2) is 29.9 Å². The van der Waals surface area contributed by atoms with Crippen LogP contribution in [0.3, 0.4) is 0 Å². The highest BCUT2D eigenvalue weighted by molar-refractivity contribution is 5.91. The molecule has 1 aliphatic carbocycles. The van der Waals surface area contributed by atoms with Crippen molar-refractivity contribution in [1.82, 2.24) is 0 Å². The van der Waals surface area contributed by atoms with E-state index in [2.05, 4.69) is 0 Å². The van der Waals surface area contributed by atoms with Crippen LogP contribution in [0.2, 0.25) is 0 Å². The van der Waals surface area contributed by atoms with Gasteiger partial charge in [-0.25, -0.2) is 4.79 Å². The smallest absolute Gasteiger partial charge is 0.338 e. The first-order chi connectivity index (χ1) is 22.7. The van der Waals surface area contributed by atoms with E-state index >= 15 is 0 Å². The molecular weight excluding hydrogens is 440 g/mol. The van der Waals surface area contributed by atoms with Gasteiger partial charge in [0.25, 0.3) is 0 Å². The van der Waals surface area contributed by atoms with Crippen molar-refractivity contribution >= 4 is 17.7 Å². The van der Waals surface area contributed by atoms with Gasteiger partial charge < -0.3 is 9.47 Å². The molecule has 184 valence electrons. The molecule has 35 heavy (non-hydrogen) atoms. The molecule has 1 saturated heterocycles. The maximum absolute atomic E-state index is 13.2. The molecule has 1 heterocycles. The first-order valence-electron chi connectivity index (χ1n) is 18.5. The third-order valence-corrected chi connectivity index (χ3v) is 5.94. The summed E-state index contributed by atoms with van der Waals surface area (Å²) in [6, 6.07) is 15.9. The van der Waals surface area contributed by atoms with Gasteiger partial charge in [0.2, 0.25) is 0 Å². The fourth-order valence-corrected chi connectivity index (χ4v) is 4.35. The van der Waals surface area contributed by atoms with E-state index in [1.807, 2.05) is 30.3 Å². The van der Waals surface area contributed by atoms with Gasteiger partial charge >= 0.3 is 11.9 Å². The second-order valence-corrected chi connectivity index (χ2v) is 8.07. The molecule has 0 bridgehead atoms. The molecule has 0 unspecified atom stereocenters. The number of hydrogen-bond acceptors (Lipinski definition) is 5. The van der Waals surface area contributed by atoms with E-state index in [4.69, 9.17) is 30.0 Å². The molecule has 0 spiro atoms. The second-order valence-electron chi connectivity index (χ2n) is 8.07. The van der Waals surface area contributed by atoms with Gasteiger partial charge in [0, 0.05) is 45.2 Å². The number of carbonyl (C=O) groups is 3. The van der Waals surface area contributed by atoms with Gasteiger partial charge in [-0.2, -0.15) is 0 Å². The Morgan fingerprint density at radius 1 is 1.06 bits per heavy atom. The molecule has 2 aromatic rings. The highest BCUT2D eigenvalue weighted by atomic mass is 16.6. The summed E-state index contributed by atoms with van der Waals surface area (Å²) in [4.78, 5) is 38.4. The summed E-state index contributed by atoms with van der Waals surface area (Å²) in [5.41, 5.74) is 1.93. The number of benzene rings is 2. The third-order valence-electron chi connectivity index (χ3n) is 5.94. The Balaban J connectivity index is 1.58. The molecule has 5 heteroatoms. The van der Waals surface area contributed by atoms with E-state index < -0.39 is 86.9 Å². The highest BCUT2D eigenvalue weighted by Gasteiger charge is 2.50. The molecule has 4 atom stereocenters. The van der Waals surface area contributed by atoms with Gasteiger partial charge in [0.1, 0.15) is 12.2 Å². The molecule has 0 aromatic heterocycles. The Morgan fingerprint density at radius 2 is 1.80 bits per heavy atom. The minimum absolute atomic E-state index is 0.0183. The number of hydrogen-bond donors (Lipinski definition) is 0. The van der Waals surface area contributed by atoms with E-state index in [0.717, 1.165) is 17.2 Å². The minimum Gasteiger partial charge on any atom is -0.462 e. The first kappa shape index (κ1) is 12.2. The maximum Gasteiger partial charge on any atom is 0.338 e. The Bertz CT molecular complexity index is 1640. The molecular formula is C30H34O5. The molecule has 5 nitrogen and oxygen atoms in total. The van der Waals surface area contributed by atoms with E-state index in [9.17, 15) is 14.4 Å².